The number of halogens is 3. The molecule has 0 atom stereocenters. The Kier molecular flexibility index (Phi) is 5.08. The van der Waals surface area contributed by atoms with Gasteiger partial charge in [-0.2, -0.15) is 0 Å². The molecule has 7 heteroatoms. The number of nitrogens with one attached hydrogen (secondary N) is 1. The lowest BCUT2D eigenvalue weighted by Crippen LogP contribution is -2.43. The van der Waals surface area contributed by atoms with Crippen LogP contribution in [0.5, 0.6) is 5.75 Å². The molecule has 1 fully saturated rings. The van der Waals surface area contributed by atoms with Crippen molar-refractivity contribution in [1.82, 2.24) is 5.32 Å². The van der Waals surface area contributed by atoms with Crippen LogP contribution >= 0.6 is 0 Å². The van der Waals surface area contributed by atoms with Gasteiger partial charge in [-0.15, -0.1) is 13.2 Å². The van der Waals surface area contributed by atoms with Crippen molar-refractivity contribution in [2.45, 2.75) is 6.36 Å². The summed E-state index contributed by atoms with van der Waals surface area (Å²) in [5.74, 6) is 0.537. The van der Waals surface area contributed by atoms with Crippen LogP contribution in [0.2, 0.25) is 0 Å². The minimum atomic E-state index is -4.60. The second kappa shape index (κ2) is 6.81. The Morgan fingerprint density at radius 2 is 1.70 bits per heavy atom. The molecule has 1 aliphatic heterocycles. The van der Waals surface area contributed by atoms with E-state index in [1.165, 1.54) is 0 Å². The quantitative estimate of drug-likeness (QED) is 0.841. The highest BCUT2D eigenvalue weighted by Gasteiger charge is 2.28. The Balaban J connectivity index is 1.76. The van der Waals surface area contributed by atoms with Crippen molar-refractivity contribution in [1.29, 1.82) is 0 Å². The van der Waals surface area contributed by atoms with Crippen molar-refractivity contribution >= 4 is 5.69 Å². The number of piperazine rings is 1. The third-order valence-corrected chi connectivity index (χ3v) is 2.94. The SMILES string of the molecule is FC(F)(F)OCCOc1ccc(N2CCNCC2)cc1. The zero-order valence-corrected chi connectivity index (χ0v) is 10.9. The van der Waals surface area contributed by atoms with Crippen LogP contribution in [0.15, 0.2) is 24.3 Å². The number of alkyl halides is 3. The third-order valence-electron chi connectivity index (χ3n) is 2.94. The molecule has 0 amide bonds. The summed E-state index contributed by atoms with van der Waals surface area (Å²) in [7, 11) is 0. The van der Waals surface area contributed by atoms with E-state index in [0.717, 1.165) is 31.9 Å². The molecule has 0 unspecified atom stereocenters. The van der Waals surface area contributed by atoms with Crippen LogP contribution in [0.4, 0.5) is 18.9 Å². The minimum Gasteiger partial charge on any atom is -0.491 e. The summed E-state index contributed by atoms with van der Waals surface area (Å²) in [5.41, 5.74) is 1.09. The molecule has 1 aromatic rings. The summed E-state index contributed by atoms with van der Waals surface area (Å²) in [5, 5.41) is 3.27. The first-order chi connectivity index (χ1) is 9.54. The van der Waals surface area contributed by atoms with Crippen LogP contribution in [0, 0.1) is 0 Å². The summed E-state index contributed by atoms with van der Waals surface area (Å²) in [6.45, 7) is 3.15. The van der Waals surface area contributed by atoms with Gasteiger partial charge in [-0.1, -0.05) is 0 Å². The maximum absolute atomic E-state index is 11.8. The van der Waals surface area contributed by atoms with Crippen LogP contribution in [0.1, 0.15) is 0 Å². The lowest BCUT2D eigenvalue weighted by Gasteiger charge is -2.29. The molecule has 20 heavy (non-hydrogen) atoms. The van der Waals surface area contributed by atoms with Gasteiger partial charge in [0.2, 0.25) is 0 Å². The molecule has 1 aromatic carbocycles. The van der Waals surface area contributed by atoms with Gasteiger partial charge in [-0.3, -0.25) is 4.74 Å². The molecule has 0 bridgehead atoms. The van der Waals surface area contributed by atoms with Gasteiger partial charge in [0.05, 0.1) is 6.61 Å². The van der Waals surface area contributed by atoms with Crippen LogP contribution in [-0.2, 0) is 4.74 Å². The summed E-state index contributed by atoms with van der Waals surface area (Å²) in [6, 6.07) is 7.33. The molecular formula is C13H17F3N2O2. The standard InChI is InChI=1S/C13H17F3N2O2/c14-13(15,16)20-10-9-19-12-3-1-11(2-4-12)18-7-5-17-6-8-18/h1-4,17H,5-10H2. The molecule has 1 heterocycles. The lowest BCUT2D eigenvalue weighted by atomic mass is 10.2. The second-order valence-corrected chi connectivity index (χ2v) is 4.37. The molecule has 1 N–H and O–H groups in total. The molecule has 112 valence electrons. The number of nitrogens with zero attached hydrogens (tertiary/aromatic N) is 1. The normalized spacial score (nSPS) is 16.2. The average molecular weight is 290 g/mol. The molecule has 1 saturated heterocycles. The highest BCUT2D eigenvalue weighted by atomic mass is 19.4. The molecule has 0 aliphatic carbocycles. The predicted octanol–water partition coefficient (Wildman–Crippen LogP) is 2.01. The zero-order valence-electron chi connectivity index (χ0n) is 10.9. The van der Waals surface area contributed by atoms with Crippen molar-refractivity contribution in [3.8, 4) is 5.75 Å². The molecular weight excluding hydrogens is 273 g/mol. The fraction of sp³-hybridized carbons (Fsp3) is 0.538. The average Bonchev–Trinajstić information content (AvgIpc) is 2.44. The molecule has 0 aromatic heterocycles. The number of rotatable bonds is 5. The molecule has 0 radical (unpaired) electrons. The number of hydrogen-bond donors (Lipinski definition) is 1. The van der Waals surface area contributed by atoms with Gasteiger partial charge in [0.15, 0.2) is 0 Å². The van der Waals surface area contributed by atoms with Gasteiger partial charge in [0, 0.05) is 31.9 Å². The maximum Gasteiger partial charge on any atom is 0.522 e. The van der Waals surface area contributed by atoms with Crippen LogP contribution in [0.25, 0.3) is 0 Å². The highest BCUT2D eigenvalue weighted by Crippen LogP contribution is 2.20. The van der Waals surface area contributed by atoms with E-state index < -0.39 is 13.0 Å². The first-order valence-electron chi connectivity index (χ1n) is 6.44. The van der Waals surface area contributed by atoms with Gasteiger partial charge >= 0.3 is 6.36 Å². The van der Waals surface area contributed by atoms with Gasteiger partial charge in [0.25, 0.3) is 0 Å². The predicted molar refractivity (Wildman–Crippen MR) is 69.0 cm³/mol. The summed E-state index contributed by atoms with van der Waals surface area (Å²) >= 11 is 0. The fourth-order valence-electron chi connectivity index (χ4n) is 1.99. The van der Waals surface area contributed by atoms with E-state index in [2.05, 4.69) is 15.0 Å². The van der Waals surface area contributed by atoms with Crippen molar-refractivity contribution in [3.05, 3.63) is 24.3 Å². The Morgan fingerprint density at radius 3 is 2.30 bits per heavy atom. The second-order valence-electron chi connectivity index (χ2n) is 4.37. The van der Waals surface area contributed by atoms with E-state index in [9.17, 15) is 13.2 Å². The zero-order chi connectivity index (χ0) is 14.4. The number of ether oxygens (including phenoxy) is 2. The highest BCUT2D eigenvalue weighted by molar-refractivity contribution is 5.49. The first kappa shape index (κ1) is 14.9. The Bertz CT molecular complexity index is 403. The smallest absolute Gasteiger partial charge is 0.491 e. The fourth-order valence-corrected chi connectivity index (χ4v) is 1.99. The van der Waals surface area contributed by atoms with Gasteiger partial charge in [-0.25, -0.2) is 0 Å². The number of hydrogen-bond acceptors (Lipinski definition) is 4. The van der Waals surface area contributed by atoms with E-state index in [0.29, 0.717) is 5.75 Å². The van der Waals surface area contributed by atoms with Crippen LogP contribution in [0.3, 0.4) is 0 Å². The van der Waals surface area contributed by atoms with Crippen molar-refractivity contribution in [2.75, 3.05) is 44.3 Å². The Hall–Kier alpha value is -1.47. The monoisotopic (exact) mass is 290 g/mol. The van der Waals surface area contributed by atoms with Gasteiger partial charge in [-0.05, 0) is 24.3 Å². The van der Waals surface area contributed by atoms with Crippen molar-refractivity contribution in [3.63, 3.8) is 0 Å². The molecule has 2 rings (SSSR count). The van der Waals surface area contributed by atoms with Crippen LogP contribution in [-0.4, -0.2) is 45.8 Å². The summed E-state index contributed by atoms with van der Waals surface area (Å²) in [4.78, 5) is 2.24. The maximum atomic E-state index is 11.8. The van der Waals surface area contributed by atoms with Crippen LogP contribution < -0.4 is 15.0 Å². The van der Waals surface area contributed by atoms with Gasteiger partial charge < -0.3 is 15.0 Å². The lowest BCUT2D eigenvalue weighted by molar-refractivity contribution is -0.325. The molecule has 4 nitrogen and oxygen atoms in total. The summed E-state index contributed by atoms with van der Waals surface area (Å²) < 4.78 is 44.1. The Morgan fingerprint density at radius 1 is 1.05 bits per heavy atom. The third kappa shape index (κ3) is 4.90. The Labute approximate surface area is 115 Å². The van der Waals surface area contributed by atoms with E-state index in [1.807, 2.05) is 12.1 Å². The van der Waals surface area contributed by atoms with E-state index in [-0.39, 0.29) is 6.61 Å². The van der Waals surface area contributed by atoms with E-state index >= 15 is 0 Å². The first-order valence-corrected chi connectivity index (χ1v) is 6.44. The van der Waals surface area contributed by atoms with E-state index in [4.69, 9.17) is 4.74 Å². The molecule has 0 saturated carbocycles. The van der Waals surface area contributed by atoms with Crippen molar-refractivity contribution < 1.29 is 22.6 Å². The minimum absolute atomic E-state index is 0.132. The largest absolute Gasteiger partial charge is 0.522 e. The molecule has 1 aliphatic rings. The van der Waals surface area contributed by atoms with Gasteiger partial charge in [0.1, 0.15) is 12.4 Å². The topological polar surface area (TPSA) is 33.7 Å². The van der Waals surface area contributed by atoms with E-state index in [1.54, 1.807) is 12.1 Å². The van der Waals surface area contributed by atoms with Crippen molar-refractivity contribution in [2.24, 2.45) is 0 Å². The molecule has 0 spiro atoms. The summed E-state index contributed by atoms with van der Waals surface area (Å²) in [6.07, 6.45) is -4.60. The number of benzene rings is 1. The number of anilines is 1.